The van der Waals surface area contributed by atoms with Crippen molar-refractivity contribution in [2.45, 2.75) is 6.92 Å². The molecule has 0 heterocycles. The van der Waals surface area contributed by atoms with E-state index in [4.69, 9.17) is 10.00 Å². The van der Waals surface area contributed by atoms with Gasteiger partial charge in [0.15, 0.2) is 6.61 Å². The molecule has 0 aliphatic rings. The molecule has 0 radical (unpaired) electrons. The summed E-state index contributed by atoms with van der Waals surface area (Å²) in [5.74, 6) is -0.0185. The molecule has 5 heteroatoms. The number of nitrogens with zero attached hydrogens (tertiary/aromatic N) is 2. The van der Waals surface area contributed by atoms with Gasteiger partial charge in [0, 0.05) is 0 Å². The smallest absolute Gasteiger partial charge is 0.277 e. The van der Waals surface area contributed by atoms with E-state index >= 15 is 0 Å². The van der Waals surface area contributed by atoms with E-state index in [1.165, 1.54) is 0 Å². The van der Waals surface area contributed by atoms with E-state index in [0.29, 0.717) is 17.0 Å². The SMILES string of the molecule is CC(/C=C/c1ccccc1)=N\NC(=O)COc1ccccc1C#N. The van der Waals surface area contributed by atoms with Gasteiger partial charge >= 0.3 is 0 Å². The predicted octanol–water partition coefficient (Wildman–Crippen LogP) is 3.14. The van der Waals surface area contributed by atoms with E-state index in [1.807, 2.05) is 42.5 Å². The van der Waals surface area contributed by atoms with Crippen LogP contribution in [-0.4, -0.2) is 18.2 Å². The third-order valence-electron chi connectivity index (χ3n) is 3.04. The zero-order valence-electron chi connectivity index (χ0n) is 13.3. The van der Waals surface area contributed by atoms with E-state index in [1.54, 1.807) is 37.3 Å². The summed E-state index contributed by atoms with van der Waals surface area (Å²) in [5, 5.41) is 12.9. The number of nitrogens with one attached hydrogen (secondary N) is 1. The Morgan fingerprint density at radius 2 is 1.92 bits per heavy atom. The molecule has 0 atom stereocenters. The molecule has 0 unspecified atom stereocenters. The molecule has 1 amide bonds. The standard InChI is InChI=1S/C19H17N3O2/c1-15(11-12-16-7-3-2-4-8-16)21-22-19(23)14-24-18-10-6-5-9-17(18)13-20/h2-12H,14H2,1H3,(H,22,23)/b12-11+,21-15+. The van der Waals surface area contributed by atoms with Gasteiger partial charge in [-0.05, 0) is 30.7 Å². The van der Waals surface area contributed by atoms with Crippen LogP contribution in [0.5, 0.6) is 5.75 Å². The number of hydrogen-bond donors (Lipinski definition) is 1. The normalized spacial score (nSPS) is 11.1. The number of amides is 1. The van der Waals surface area contributed by atoms with Crippen LogP contribution in [0, 0.1) is 11.3 Å². The van der Waals surface area contributed by atoms with Crippen LogP contribution in [0.25, 0.3) is 6.08 Å². The highest BCUT2D eigenvalue weighted by Crippen LogP contribution is 2.16. The first-order valence-corrected chi connectivity index (χ1v) is 7.37. The summed E-state index contributed by atoms with van der Waals surface area (Å²) in [6.07, 6.45) is 3.71. The van der Waals surface area contributed by atoms with Crippen molar-refractivity contribution in [2.24, 2.45) is 5.10 Å². The van der Waals surface area contributed by atoms with Crippen molar-refractivity contribution in [3.63, 3.8) is 0 Å². The molecule has 2 aromatic rings. The number of benzene rings is 2. The van der Waals surface area contributed by atoms with Gasteiger partial charge in [-0.2, -0.15) is 10.4 Å². The number of hydrogen-bond acceptors (Lipinski definition) is 4. The summed E-state index contributed by atoms with van der Waals surface area (Å²) in [7, 11) is 0. The van der Waals surface area contributed by atoms with Gasteiger partial charge in [0.25, 0.3) is 5.91 Å². The van der Waals surface area contributed by atoms with Gasteiger partial charge < -0.3 is 4.74 Å². The Kier molecular flexibility index (Phi) is 6.30. The van der Waals surface area contributed by atoms with Crippen LogP contribution >= 0.6 is 0 Å². The quantitative estimate of drug-likeness (QED) is 0.656. The second-order valence-electron chi connectivity index (χ2n) is 4.93. The maximum Gasteiger partial charge on any atom is 0.277 e. The summed E-state index contributed by atoms with van der Waals surface area (Å²) >= 11 is 0. The van der Waals surface area contributed by atoms with Gasteiger partial charge in [-0.3, -0.25) is 4.79 Å². The van der Waals surface area contributed by atoms with Crippen molar-refractivity contribution < 1.29 is 9.53 Å². The first-order chi connectivity index (χ1) is 11.7. The van der Waals surface area contributed by atoms with Gasteiger partial charge in [-0.15, -0.1) is 0 Å². The minimum atomic E-state index is -0.393. The Hall–Kier alpha value is -3.39. The van der Waals surface area contributed by atoms with Crippen LogP contribution in [0.15, 0.2) is 65.8 Å². The lowest BCUT2D eigenvalue weighted by molar-refractivity contribution is -0.123. The molecule has 120 valence electrons. The lowest BCUT2D eigenvalue weighted by Crippen LogP contribution is -2.25. The fourth-order valence-electron chi connectivity index (χ4n) is 1.83. The molecule has 0 saturated heterocycles. The summed E-state index contributed by atoms with van der Waals surface area (Å²) in [6.45, 7) is 1.57. The van der Waals surface area contributed by atoms with Crippen molar-refractivity contribution in [3.8, 4) is 11.8 Å². The Morgan fingerprint density at radius 1 is 1.21 bits per heavy atom. The molecular formula is C19H17N3O2. The lowest BCUT2D eigenvalue weighted by Gasteiger charge is -2.06. The second-order valence-corrected chi connectivity index (χ2v) is 4.93. The van der Waals surface area contributed by atoms with Crippen LogP contribution in [0.4, 0.5) is 0 Å². The molecule has 0 aliphatic carbocycles. The van der Waals surface area contributed by atoms with Crippen LogP contribution in [0.3, 0.4) is 0 Å². The second kappa shape index (κ2) is 8.91. The number of nitriles is 1. The van der Waals surface area contributed by atoms with Crippen molar-refractivity contribution in [1.29, 1.82) is 5.26 Å². The Labute approximate surface area is 140 Å². The van der Waals surface area contributed by atoms with E-state index in [0.717, 1.165) is 5.56 Å². The number of rotatable bonds is 6. The highest BCUT2D eigenvalue weighted by molar-refractivity contribution is 5.97. The van der Waals surface area contributed by atoms with Crippen molar-refractivity contribution in [3.05, 3.63) is 71.8 Å². The molecule has 2 rings (SSSR count). The number of para-hydroxylation sites is 1. The highest BCUT2D eigenvalue weighted by atomic mass is 16.5. The molecule has 0 saturated carbocycles. The number of carbonyl (C=O) groups is 1. The van der Waals surface area contributed by atoms with Crippen molar-refractivity contribution >= 4 is 17.7 Å². The molecular weight excluding hydrogens is 302 g/mol. The molecule has 0 aliphatic heterocycles. The minimum absolute atomic E-state index is 0.210. The fourth-order valence-corrected chi connectivity index (χ4v) is 1.83. The van der Waals surface area contributed by atoms with Gasteiger partial charge in [0.2, 0.25) is 0 Å². The van der Waals surface area contributed by atoms with E-state index in [9.17, 15) is 4.79 Å². The largest absolute Gasteiger partial charge is 0.482 e. The molecule has 5 nitrogen and oxygen atoms in total. The lowest BCUT2D eigenvalue weighted by atomic mass is 10.2. The van der Waals surface area contributed by atoms with Crippen LogP contribution in [-0.2, 0) is 4.79 Å². The number of allylic oxidation sites excluding steroid dienone is 1. The summed E-state index contributed by atoms with van der Waals surface area (Å²) in [5.41, 5.74) is 4.51. The van der Waals surface area contributed by atoms with E-state index < -0.39 is 5.91 Å². The average Bonchev–Trinajstić information content (AvgIpc) is 2.64. The summed E-state index contributed by atoms with van der Waals surface area (Å²) in [6, 6.07) is 18.5. The van der Waals surface area contributed by atoms with Crippen LogP contribution in [0.1, 0.15) is 18.1 Å². The monoisotopic (exact) mass is 319 g/mol. The third-order valence-corrected chi connectivity index (χ3v) is 3.04. The minimum Gasteiger partial charge on any atom is -0.482 e. The average molecular weight is 319 g/mol. The van der Waals surface area contributed by atoms with Crippen LogP contribution < -0.4 is 10.2 Å². The molecule has 0 fully saturated rings. The molecule has 0 spiro atoms. The predicted molar refractivity (Wildman–Crippen MR) is 93.4 cm³/mol. The molecule has 0 bridgehead atoms. The third kappa shape index (κ3) is 5.43. The van der Waals surface area contributed by atoms with Gasteiger partial charge in [-0.25, -0.2) is 5.43 Å². The number of hydrazone groups is 1. The zero-order chi connectivity index (χ0) is 17.2. The van der Waals surface area contributed by atoms with Crippen LogP contribution in [0.2, 0.25) is 0 Å². The fraction of sp³-hybridized carbons (Fsp3) is 0.105. The zero-order valence-corrected chi connectivity index (χ0v) is 13.3. The maximum absolute atomic E-state index is 11.7. The molecule has 24 heavy (non-hydrogen) atoms. The van der Waals surface area contributed by atoms with Gasteiger partial charge in [0.1, 0.15) is 11.8 Å². The first kappa shape index (κ1) is 17.0. The number of ether oxygens (including phenoxy) is 1. The van der Waals surface area contributed by atoms with E-state index in [-0.39, 0.29) is 6.61 Å². The Bertz CT molecular complexity index is 790. The Balaban J connectivity index is 1.84. The van der Waals surface area contributed by atoms with Gasteiger partial charge in [0.05, 0.1) is 11.3 Å². The first-order valence-electron chi connectivity index (χ1n) is 7.37. The van der Waals surface area contributed by atoms with Crippen molar-refractivity contribution in [1.82, 2.24) is 5.43 Å². The number of carbonyl (C=O) groups excluding carboxylic acids is 1. The molecule has 0 aromatic heterocycles. The van der Waals surface area contributed by atoms with Crippen molar-refractivity contribution in [2.75, 3.05) is 6.61 Å². The van der Waals surface area contributed by atoms with E-state index in [2.05, 4.69) is 10.5 Å². The molecule has 1 N–H and O–H groups in total. The summed E-state index contributed by atoms with van der Waals surface area (Å²) in [4.78, 5) is 11.7. The highest BCUT2D eigenvalue weighted by Gasteiger charge is 2.05. The van der Waals surface area contributed by atoms with Gasteiger partial charge in [-0.1, -0.05) is 48.5 Å². The topological polar surface area (TPSA) is 74.5 Å². The Morgan fingerprint density at radius 3 is 2.67 bits per heavy atom. The molecule has 2 aromatic carbocycles. The summed E-state index contributed by atoms with van der Waals surface area (Å²) < 4.78 is 5.33. The maximum atomic E-state index is 11.7.